The van der Waals surface area contributed by atoms with Crippen molar-refractivity contribution in [2.24, 2.45) is 0 Å². The Kier molecular flexibility index (Phi) is 43.7. The van der Waals surface area contributed by atoms with E-state index in [1.165, 1.54) is 57.8 Å². The highest BCUT2D eigenvalue weighted by Crippen LogP contribution is 2.26. The molecule has 1 aliphatic heterocycles. The molecule has 0 saturated carbocycles. The second-order valence-corrected chi connectivity index (χ2v) is 19.2. The van der Waals surface area contributed by atoms with Gasteiger partial charge in [0.15, 0.2) is 24.6 Å². The lowest BCUT2D eigenvalue weighted by Crippen LogP contribution is -2.61. The van der Waals surface area contributed by atoms with E-state index >= 15 is 0 Å². The third-order valence-electron chi connectivity index (χ3n) is 12.6. The summed E-state index contributed by atoms with van der Waals surface area (Å²) in [6, 6.07) is 0. The maximum atomic E-state index is 13.0. The first-order valence-corrected chi connectivity index (χ1v) is 28.3. The molecule has 1 aliphatic rings. The van der Waals surface area contributed by atoms with Crippen LogP contribution in [0.15, 0.2) is 60.8 Å². The second-order valence-electron chi connectivity index (χ2n) is 19.2. The third-order valence-corrected chi connectivity index (χ3v) is 12.6. The molecule has 1 fully saturated rings. The molecule has 408 valence electrons. The highest BCUT2D eigenvalue weighted by Gasteiger charge is 2.50. The van der Waals surface area contributed by atoms with Crippen molar-refractivity contribution in [3.63, 3.8) is 0 Å². The third kappa shape index (κ3) is 37.8. The Hall–Kier alpha value is -3.58. The molecule has 0 aliphatic carbocycles. The number of aliphatic hydroxyl groups is 2. The molecule has 12 nitrogen and oxygen atoms in total. The number of esters is 3. The average Bonchev–Trinajstić information content (AvgIpc) is 3.35. The van der Waals surface area contributed by atoms with Gasteiger partial charge in [-0.15, -0.1) is 0 Å². The molecule has 6 atom stereocenters. The van der Waals surface area contributed by atoms with Gasteiger partial charge in [0.2, 0.25) is 0 Å². The first-order valence-electron chi connectivity index (χ1n) is 28.3. The number of carboxylic acids is 1. The Labute approximate surface area is 430 Å². The summed E-state index contributed by atoms with van der Waals surface area (Å²) in [6.07, 6.45) is 44.9. The fraction of sp³-hybridized carbons (Fsp3) is 0.763. The van der Waals surface area contributed by atoms with Gasteiger partial charge in [0.25, 0.3) is 0 Å². The van der Waals surface area contributed by atoms with Crippen LogP contribution >= 0.6 is 0 Å². The minimum absolute atomic E-state index is 0.0494. The van der Waals surface area contributed by atoms with Gasteiger partial charge in [-0.1, -0.05) is 197 Å². The minimum atomic E-state index is -1.91. The van der Waals surface area contributed by atoms with Crippen LogP contribution in [0.4, 0.5) is 0 Å². The summed E-state index contributed by atoms with van der Waals surface area (Å²) in [4.78, 5) is 50.9. The summed E-state index contributed by atoms with van der Waals surface area (Å²) < 4.78 is 28.3. The molecule has 12 heteroatoms. The molecule has 1 heterocycles. The molecule has 0 amide bonds. The zero-order valence-corrected chi connectivity index (χ0v) is 44.7. The number of hydrogen-bond acceptors (Lipinski definition) is 11. The number of carbonyl (C=O) groups is 4. The van der Waals surface area contributed by atoms with Gasteiger partial charge in [-0.25, -0.2) is 4.79 Å². The van der Waals surface area contributed by atoms with Crippen molar-refractivity contribution < 1.29 is 58.2 Å². The lowest BCUT2D eigenvalue weighted by Gasteiger charge is -2.40. The van der Waals surface area contributed by atoms with Crippen LogP contribution in [0.25, 0.3) is 0 Å². The van der Waals surface area contributed by atoms with Crippen molar-refractivity contribution >= 4 is 23.9 Å². The Morgan fingerprint density at radius 3 is 1.38 bits per heavy atom. The highest BCUT2D eigenvalue weighted by atomic mass is 16.7. The first kappa shape index (κ1) is 65.4. The monoisotopic (exact) mass is 1000 g/mol. The fourth-order valence-electron chi connectivity index (χ4n) is 8.24. The smallest absolute Gasteiger partial charge is 0.335 e. The molecule has 71 heavy (non-hydrogen) atoms. The molecule has 0 radical (unpaired) electrons. The van der Waals surface area contributed by atoms with E-state index < -0.39 is 67.3 Å². The molecule has 1 rings (SSSR count). The number of allylic oxidation sites excluding steroid dienone is 10. The Morgan fingerprint density at radius 1 is 0.479 bits per heavy atom. The number of rotatable bonds is 47. The summed E-state index contributed by atoms with van der Waals surface area (Å²) >= 11 is 0. The van der Waals surface area contributed by atoms with Crippen LogP contribution in [0.2, 0.25) is 0 Å². The minimum Gasteiger partial charge on any atom is -0.479 e. The summed E-state index contributed by atoms with van der Waals surface area (Å²) in [5.41, 5.74) is 0. The van der Waals surface area contributed by atoms with E-state index in [4.69, 9.17) is 23.7 Å². The van der Waals surface area contributed by atoms with Crippen LogP contribution < -0.4 is 0 Å². The van der Waals surface area contributed by atoms with E-state index in [2.05, 4.69) is 81.5 Å². The number of ether oxygens (including phenoxy) is 5. The lowest BCUT2D eigenvalue weighted by atomic mass is 9.98. The SMILES string of the molecule is CC/C=C\C/C=C\C/C=C\C/C=C\CCCCCCCCC(=O)OCC(COC1OC(C(=O)O)C(O)C(O)C1OC(=O)CCCCCCC/C=C\CCCCCC)OC(=O)CCCCCCCCCCC. The van der Waals surface area contributed by atoms with Gasteiger partial charge in [0.1, 0.15) is 18.8 Å². The Balaban J connectivity index is 2.66. The summed E-state index contributed by atoms with van der Waals surface area (Å²) in [6.45, 7) is 5.81. The van der Waals surface area contributed by atoms with E-state index in [0.717, 1.165) is 122 Å². The van der Waals surface area contributed by atoms with Crippen molar-refractivity contribution in [1.82, 2.24) is 0 Å². The molecule has 3 N–H and O–H groups in total. The normalized spacial score (nSPS) is 18.9. The number of carboxylic acid groups (broad SMARTS) is 1. The van der Waals surface area contributed by atoms with Gasteiger partial charge in [-0.3, -0.25) is 14.4 Å². The first-order chi connectivity index (χ1) is 34.6. The molecular formula is C59H100O12. The summed E-state index contributed by atoms with van der Waals surface area (Å²) in [7, 11) is 0. The van der Waals surface area contributed by atoms with Gasteiger partial charge in [0, 0.05) is 19.3 Å². The summed E-state index contributed by atoms with van der Waals surface area (Å²) in [5.74, 6) is -3.14. The quantitative estimate of drug-likeness (QED) is 0.0228. The van der Waals surface area contributed by atoms with Crippen LogP contribution in [-0.4, -0.2) is 89.2 Å². The van der Waals surface area contributed by atoms with Crippen LogP contribution in [0.5, 0.6) is 0 Å². The maximum absolute atomic E-state index is 13.0. The molecule has 0 aromatic heterocycles. The molecule has 0 bridgehead atoms. The Bertz CT molecular complexity index is 1470. The van der Waals surface area contributed by atoms with Crippen molar-refractivity contribution in [1.29, 1.82) is 0 Å². The summed E-state index contributed by atoms with van der Waals surface area (Å²) in [5, 5.41) is 31.4. The van der Waals surface area contributed by atoms with E-state index in [0.29, 0.717) is 19.3 Å². The van der Waals surface area contributed by atoms with Gasteiger partial charge in [-0.2, -0.15) is 0 Å². The second kappa shape index (κ2) is 47.4. The van der Waals surface area contributed by atoms with Gasteiger partial charge in [-0.05, 0) is 83.5 Å². The van der Waals surface area contributed by atoms with Gasteiger partial charge >= 0.3 is 23.9 Å². The highest BCUT2D eigenvalue weighted by molar-refractivity contribution is 5.74. The molecule has 0 aromatic carbocycles. The van der Waals surface area contributed by atoms with E-state index in [9.17, 15) is 34.5 Å². The molecular weight excluding hydrogens is 901 g/mol. The molecule has 0 spiro atoms. The van der Waals surface area contributed by atoms with Crippen molar-refractivity contribution in [3.8, 4) is 0 Å². The van der Waals surface area contributed by atoms with E-state index in [-0.39, 0.29) is 25.9 Å². The van der Waals surface area contributed by atoms with Gasteiger partial charge in [0.05, 0.1) is 6.61 Å². The fourth-order valence-corrected chi connectivity index (χ4v) is 8.24. The van der Waals surface area contributed by atoms with Crippen LogP contribution in [0.3, 0.4) is 0 Å². The molecule has 1 saturated heterocycles. The topological polar surface area (TPSA) is 175 Å². The lowest BCUT2D eigenvalue weighted by molar-refractivity contribution is -0.301. The zero-order valence-electron chi connectivity index (χ0n) is 44.7. The maximum Gasteiger partial charge on any atom is 0.335 e. The molecule has 6 unspecified atom stereocenters. The number of carbonyl (C=O) groups excluding carboxylic acids is 3. The number of aliphatic carboxylic acids is 1. The number of unbranched alkanes of at least 4 members (excludes halogenated alkanes) is 23. The predicted molar refractivity (Wildman–Crippen MR) is 285 cm³/mol. The largest absolute Gasteiger partial charge is 0.479 e. The van der Waals surface area contributed by atoms with E-state index in [1.54, 1.807) is 0 Å². The average molecular weight is 1000 g/mol. The van der Waals surface area contributed by atoms with Crippen molar-refractivity contribution in [2.45, 2.75) is 276 Å². The standard InChI is InChI=1S/C59H100O12/c1-4-7-10-13-16-19-21-23-24-25-26-27-28-30-31-34-36-39-42-45-51(60)67-48-50(69-52(61)46-43-40-37-33-18-15-12-9-6-3)49-68-59-57(55(64)54(63)56(71-59)58(65)66)70-53(62)47-44-41-38-35-32-29-22-20-17-14-11-8-5-2/h7,10,16,19-20,22-24,26-27,50,54-57,59,63-64H,4-6,8-9,11-15,17-18,21,25,28-49H2,1-3H3,(H,65,66)/b10-7-,19-16-,22-20-,24-23-,27-26-. The van der Waals surface area contributed by atoms with Crippen molar-refractivity contribution in [2.75, 3.05) is 13.2 Å². The van der Waals surface area contributed by atoms with Gasteiger partial charge < -0.3 is 39.0 Å². The van der Waals surface area contributed by atoms with Crippen LogP contribution in [0.1, 0.15) is 239 Å². The van der Waals surface area contributed by atoms with Crippen molar-refractivity contribution in [3.05, 3.63) is 60.8 Å². The van der Waals surface area contributed by atoms with Crippen LogP contribution in [-0.2, 0) is 42.9 Å². The number of hydrogen-bond donors (Lipinski definition) is 3. The molecule has 0 aromatic rings. The van der Waals surface area contributed by atoms with Crippen LogP contribution in [0, 0.1) is 0 Å². The zero-order chi connectivity index (χ0) is 51.8. The predicted octanol–water partition coefficient (Wildman–Crippen LogP) is 14.0. The van der Waals surface area contributed by atoms with E-state index in [1.807, 2.05) is 0 Å². The number of aliphatic hydroxyl groups excluding tert-OH is 2. The Morgan fingerprint density at radius 2 is 0.887 bits per heavy atom.